The molecule has 3 rings (SSSR count). The molecule has 1 heterocycles. The molecule has 2 amide bonds. The van der Waals surface area contributed by atoms with Crippen molar-refractivity contribution >= 4 is 44.9 Å². The molecule has 7 heteroatoms. The fourth-order valence-corrected chi connectivity index (χ4v) is 3.53. The molecule has 1 aliphatic rings. The fraction of sp³-hybridized carbons (Fsp3) is 0.111. The lowest BCUT2D eigenvalue weighted by molar-refractivity contribution is -0.121. The van der Waals surface area contributed by atoms with Crippen LogP contribution in [0.4, 0.5) is 9.18 Å². The molecule has 4 nitrogen and oxygen atoms in total. The minimum Gasteiger partial charge on any atom is -0.488 e. The van der Waals surface area contributed by atoms with Crippen LogP contribution in [0.5, 0.6) is 5.75 Å². The molecule has 1 aliphatic heterocycles. The molecular weight excluding hydrogens is 409 g/mol. The molecule has 2 aromatic carbocycles. The molecular formula is C18H13BrFNO3S. The average molecular weight is 422 g/mol. The third-order valence-electron chi connectivity index (χ3n) is 3.58. The number of carbonyl (C=O) groups is 2. The number of benzene rings is 2. The number of imide groups is 1. The minimum absolute atomic E-state index is 0.110. The van der Waals surface area contributed by atoms with Crippen molar-refractivity contribution in [2.45, 2.75) is 6.61 Å². The average Bonchev–Trinajstić information content (AvgIpc) is 2.82. The Balaban J connectivity index is 1.74. The molecule has 2 aromatic rings. The van der Waals surface area contributed by atoms with Crippen molar-refractivity contribution in [3.05, 3.63) is 68.8 Å². The second kappa shape index (κ2) is 7.41. The highest BCUT2D eigenvalue weighted by Gasteiger charge is 2.31. The van der Waals surface area contributed by atoms with E-state index in [2.05, 4.69) is 15.9 Å². The number of likely N-dealkylation sites (N-methyl/N-ethyl adjacent to an activating group) is 1. The van der Waals surface area contributed by atoms with Gasteiger partial charge in [0.05, 0.1) is 9.38 Å². The number of nitrogens with zero attached hydrogens (tertiary/aromatic N) is 1. The Morgan fingerprint density at radius 3 is 2.64 bits per heavy atom. The molecule has 1 saturated heterocycles. The van der Waals surface area contributed by atoms with Gasteiger partial charge in [-0.05, 0) is 57.5 Å². The van der Waals surface area contributed by atoms with Gasteiger partial charge in [0.2, 0.25) is 0 Å². The lowest BCUT2D eigenvalue weighted by Crippen LogP contribution is -2.22. The van der Waals surface area contributed by atoms with Crippen LogP contribution in [0.15, 0.2) is 51.8 Å². The Kier molecular flexibility index (Phi) is 5.24. The van der Waals surface area contributed by atoms with Gasteiger partial charge in [-0.15, -0.1) is 0 Å². The molecule has 1 fully saturated rings. The molecule has 0 aliphatic carbocycles. The van der Waals surface area contributed by atoms with E-state index in [4.69, 9.17) is 4.74 Å². The molecule has 0 radical (unpaired) electrons. The molecule has 0 N–H and O–H groups in total. The van der Waals surface area contributed by atoms with Crippen LogP contribution in [0, 0.1) is 5.82 Å². The maximum atomic E-state index is 13.6. The molecule has 0 bridgehead atoms. The van der Waals surface area contributed by atoms with Crippen molar-refractivity contribution in [3.63, 3.8) is 0 Å². The van der Waals surface area contributed by atoms with E-state index in [1.807, 2.05) is 0 Å². The standard InChI is InChI=1S/C18H13BrFNO3S/c1-21-17(22)16(25-18(21)23)9-11-6-7-15(13(19)8-11)24-10-12-4-2-3-5-14(12)20/h2-9H,10H2,1H3/b16-9-. The summed E-state index contributed by atoms with van der Waals surface area (Å²) in [7, 11) is 1.45. The first-order chi connectivity index (χ1) is 12.0. The lowest BCUT2D eigenvalue weighted by Gasteiger charge is -2.09. The van der Waals surface area contributed by atoms with Gasteiger partial charge in [-0.25, -0.2) is 4.39 Å². The number of hydrogen-bond donors (Lipinski definition) is 0. The van der Waals surface area contributed by atoms with E-state index in [-0.39, 0.29) is 23.6 Å². The summed E-state index contributed by atoms with van der Waals surface area (Å²) in [6, 6.07) is 11.7. The van der Waals surface area contributed by atoms with Crippen molar-refractivity contribution in [1.82, 2.24) is 4.90 Å². The van der Waals surface area contributed by atoms with Crippen LogP contribution in [0.3, 0.4) is 0 Å². The first-order valence-electron chi connectivity index (χ1n) is 7.33. The molecule has 0 aromatic heterocycles. The number of rotatable bonds is 4. The second-order valence-corrected chi connectivity index (χ2v) is 7.16. The summed E-state index contributed by atoms with van der Waals surface area (Å²) < 4.78 is 19.9. The molecule has 0 saturated carbocycles. The van der Waals surface area contributed by atoms with Gasteiger partial charge < -0.3 is 4.74 Å². The first kappa shape index (κ1) is 17.7. The van der Waals surface area contributed by atoms with Crippen LogP contribution in [-0.4, -0.2) is 23.1 Å². The van der Waals surface area contributed by atoms with Crippen LogP contribution in [0.25, 0.3) is 6.08 Å². The highest BCUT2D eigenvalue weighted by Crippen LogP contribution is 2.33. The molecule has 0 unspecified atom stereocenters. The molecule has 0 spiro atoms. The van der Waals surface area contributed by atoms with Crippen LogP contribution < -0.4 is 4.74 Å². The summed E-state index contributed by atoms with van der Waals surface area (Å²) in [5.74, 6) is -0.0689. The maximum absolute atomic E-state index is 13.6. The van der Waals surface area contributed by atoms with Crippen LogP contribution in [0.1, 0.15) is 11.1 Å². The van der Waals surface area contributed by atoms with Crippen molar-refractivity contribution in [2.75, 3.05) is 7.05 Å². The van der Waals surface area contributed by atoms with Gasteiger partial charge in [-0.2, -0.15) is 0 Å². The van der Waals surface area contributed by atoms with Crippen molar-refractivity contribution in [3.8, 4) is 5.75 Å². The monoisotopic (exact) mass is 421 g/mol. The summed E-state index contributed by atoms with van der Waals surface area (Å²) in [6.45, 7) is 0.110. The third kappa shape index (κ3) is 3.93. The third-order valence-corrected chi connectivity index (χ3v) is 5.16. The first-order valence-corrected chi connectivity index (χ1v) is 8.94. The lowest BCUT2D eigenvalue weighted by atomic mass is 10.2. The zero-order valence-corrected chi connectivity index (χ0v) is 15.6. The van der Waals surface area contributed by atoms with Gasteiger partial charge >= 0.3 is 0 Å². The Bertz CT molecular complexity index is 884. The highest BCUT2D eigenvalue weighted by molar-refractivity contribution is 9.10. The van der Waals surface area contributed by atoms with Crippen molar-refractivity contribution in [2.24, 2.45) is 0 Å². The fourth-order valence-electron chi connectivity index (χ4n) is 2.19. The molecule has 0 atom stereocenters. The maximum Gasteiger partial charge on any atom is 0.293 e. The van der Waals surface area contributed by atoms with E-state index >= 15 is 0 Å². The van der Waals surface area contributed by atoms with E-state index in [9.17, 15) is 14.0 Å². The van der Waals surface area contributed by atoms with E-state index < -0.39 is 0 Å². The van der Waals surface area contributed by atoms with E-state index in [0.717, 1.165) is 22.2 Å². The highest BCUT2D eigenvalue weighted by atomic mass is 79.9. The normalized spacial score (nSPS) is 16.0. The van der Waals surface area contributed by atoms with Crippen LogP contribution in [-0.2, 0) is 11.4 Å². The Morgan fingerprint density at radius 1 is 1.24 bits per heavy atom. The Labute approximate surface area is 156 Å². The van der Waals surface area contributed by atoms with Gasteiger partial charge in [0.25, 0.3) is 11.1 Å². The van der Waals surface area contributed by atoms with Gasteiger partial charge in [-0.1, -0.05) is 24.3 Å². The predicted molar refractivity (Wildman–Crippen MR) is 98.6 cm³/mol. The number of thioether (sulfide) groups is 1. The van der Waals surface area contributed by atoms with Crippen LogP contribution >= 0.6 is 27.7 Å². The molecule has 25 heavy (non-hydrogen) atoms. The smallest absolute Gasteiger partial charge is 0.293 e. The van der Waals surface area contributed by atoms with Gasteiger partial charge in [0, 0.05) is 12.6 Å². The zero-order valence-electron chi connectivity index (χ0n) is 13.2. The van der Waals surface area contributed by atoms with E-state index in [1.165, 1.54) is 13.1 Å². The van der Waals surface area contributed by atoms with Gasteiger partial charge in [0.1, 0.15) is 18.2 Å². The topological polar surface area (TPSA) is 46.6 Å². The summed E-state index contributed by atoms with van der Waals surface area (Å²) in [6.07, 6.45) is 1.65. The van der Waals surface area contributed by atoms with Gasteiger partial charge in [-0.3, -0.25) is 14.5 Å². The number of hydrogen-bond acceptors (Lipinski definition) is 4. The number of ether oxygens (including phenoxy) is 1. The number of halogens is 2. The summed E-state index contributed by atoms with van der Waals surface area (Å²) >= 11 is 4.32. The van der Waals surface area contributed by atoms with Crippen molar-refractivity contribution < 1.29 is 18.7 Å². The second-order valence-electron chi connectivity index (χ2n) is 5.31. The predicted octanol–water partition coefficient (Wildman–Crippen LogP) is 4.83. The Hall–Kier alpha value is -2.12. The quantitative estimate of drug-likeness (QED) is 0.663. The summed E-state index contributed by atoms with van der Waals surface area (Å²) in [5, 5.41) is -0.292. The summed E-state index contributed by atoms with van der Waals surface area (Å²) in [4.78, 5) is 24.9. The Morgan fingerprint density at radius 2 is 2.00 bits per heavy atom. The van der Waals surface area contributed by atoms with Gasteiger partial charge in [0.15, 0.2) is 0 Å². The number of amides is 2. The minimum atomic E-state index is -0.314. The largest absolute Gasteiger partial charge is 0.488 e. The molecule has 128 valence electrons. The van der Waals surface area contributed by atoms with Crippen LogP contribution in [0.2, 0.25) is 0 Å². The van der Waals surface area contributed by atoms with Crippen molar-refractivity contribution in [1.29, 1.82) is 0 Å². The van der Waals surface area contributed by atoms with E-state index in [0.29, 0.717) is 20.7 Å². The summed E-state index contributed by atoms with van der Waals surface area (Å²) in [5.41, 5.74) is 1.22. The van der Waals surface area contributed by atoms with E-state index in [1.54, 1.807) is 42.5 Å². The number of carbonyl (C=O) groups excluding carboxylic acids is 2. The SMILES string of the molecule is CN1C(=O)S/C(=C\c2ccc(OCc3ccccc3F)c(Br)c2)C1=O. The zero-order chi connectivity index (χ0) is 18.0.